The van der Waals surface area contributed by atoms with E-state index in [1.54, 1.807) is 36.5 Å². The van der Waals surface area contributed by atoms with Crippen molar-refractivity contribution in [3.8, 4) is 0 Å². The van der Waals surface area contributed by atoms with E-state index in [-0.39, 0.29) is 6.03 Å². The van der Waals surface area contributed by atoms with Gasteiger partial charge in [0.15, 0.2) is 0 Å². The Balaban J connectivity index is 1.96. The quantitative estimate of drug-likeness (QED) is 0.866. The van der Waals surface area contributed by atoms with Crippen molar-refractivity contribution in [2.24, 2.45) is 0 Å². The highest BCUT2D eigenvalue weighted by molar-refractivity contribution is 6.30. The number of rotatable bonds is 2. The highest BCUT2D eigenvalue weighted by Crippen LogP contribution is 2.14. The van der Waals surface area contributed by atoms with Crippen molar-refractivity contribution in [1.82, 2.24) is 4.98 Å². The van der Waals surface area contributed by atoms with E-state index in [4.69, 9.17) is 11.6 Å². The van der Waals surface area contributed by atoms with E-state index < -0.39 is 0 Å². The molecule has 4 nitrogen and oxygen atoms in total. The van der Waals surface area contributed by atoms with Crippen LogP contribution in [-0.2, 0) is 0 Å². The summed E-state index contributed by atoms with van der Waals surface area (Å²) in [6, 6.07) is 10.2. The molecule has 2 rings (SSSR count). The molecule has 2 aromatic rings. The first kappa shape index (κ1) is 12.4. The minimum atomic E-state index is -0.317. The molecule has 2 amide bonds. The average molecular weight is 262 g/mol. The number of urea groups is 1. The van der Waals surface area contributed by atoms with Gasteiger partial charge in [0.05, 0.1) is 11.9 Å². The first-order valence-corrected chi connectivity index (χ1v) is 5.77. The third-order valence-corrected chi connectivity index (χ3v) is 2.52. The molecule has 0 bridgehead atoms. The zero-order valence-corrected chi connectivity index (χ0v) is 10.5. The number of aromatic nitrogens is 1. The molecule has 0 aliphatic rings. The molecular weight excluding hydrogens is 250 g/mol. The van der Waals surface area contributed by atoms with Crippen LogP contribution in [0.4, 0.5) is 16.2 Å². The number of hydrogen-bond donors (Lipinski definition) is 2. The fourth-order valence-corrected chi connectivity index (χ4v) is 1.49. The SMILES string of the molecule is Cc1ccc(NC(=O)Nc2ccc(Cl)cc2)cn1. The minimum Gasteiger partial charge on any atom is -0.308 e. The van der Waals surface area contributed by atoms with Crippen LogP contribution < -0.4 is 10.6 Å². The van der Waals surface area contributed by atoms with Gasteiger partial charge in [-0.15, -0.1) is 0 Å². The molecule has 1 aromatic heterocycles. The maximum atomic E-state index is 11.7. The maximum absolute atomic E-state index is 11.7. The van der Waals surface area contributed by atoms with Gasteiger partial charge in [0.25, 0.3) is 0 Å². The number of carbonyl (C=O) groups is 1. The number of pyridine rings is 1. The number of carbonyl (C=O) groups excluding carboxylic acids is 1. The summed E-state index contributed by atoms with van der Waals surface area (Å²) in [5.41, 5.74) is 2.22. The largest absolute Gasteiger partial charge is 0.323 e. The molecule has 0 atom stereocenters. The van der Waals surface area contributed by atoms with Crippen LogP contribution >= 0.6 is 11.6 Å². The summed E-state index contributed by atoms with van der Waals surface area (Å²) in [4.78, 5) is 15.8. The fourth-order valence-electron chi connectivity index (χ4n) is 1.37. The Hall–Kier alpha value is -2.07. The van der Waals surface area contributed by atoms with Crippen LogP contribution in [0.3, 0.4) is 0 Å². The van der Waals surface area contributed by atoms with Gasteiger partial charge in [0.2, 0.25) is 0 Å². The van der Waals surface area contributed by atoms with Crippen molar-refractivity contribution in [3.05, 3.63) is 53.3 Å². The van der Waals surface area contributed by atoms with Crippen molar-refractivity contribution >= 4 is 29.0 Å². The molecule has 18 heavy (non-hydrogen) atoms. The van der Waals surface area contributed by atoms with E-state index in [0.717, 1.165) is 5.69 Å². The van der Waals surface area contributed by atoms with Crippen molar-refractivity contribution in [2.45, 2.75) is 6.92 Å². The second kappa shape index (κ2) is 5.51. The maximum Gasteiger partial charge on any atom is 0.323 e. The third-order valence-electron chi connectivity index (χ3n) is 2.27. The molecule has 2 N–H and O–H groups in total. The second-order valence-corrected chi connectivity index (χ2v) is 4.21. The Bertz CT molecular complexity index is 488. The lowest BCUT2D eigenvalue weighted by Crippen LogP contribution is -2.19. The monoisotopic (exact) mass is 261 g/mol. The lowest BCUT2D eigenvalue weighted by molar-refractivity contribution is 0.262. The van der Waals surface area contributed by atoms with Gasteiger partial charge < -0.3 is 10.6 Å². The van der Waals surface area contributed by atoms with Gasteiger partial charge in [-0.05, 0) is 43.3 Å². The number of anilines is 2. The number of aryl methyl sites for hydroxylation is 1. The summed E-state index contributed by atoms with van der Waals surface area (Å²) < 4.78 is 0. The highest BCUT2D eigenvalue weighted by atomic mass is 35.5. The standard InChI is InChI=1S/C13H12ClN3O/c1-9-2-5-12(8-15-9)17-13(18)16-11-6-3-10(14)4-7-11/h2-8H,1H3,(H2,16,17,18). The molecule has 0 aliphatic heterocycles. The first-order valence-electron chi connectivity index (χ1n) is 5.40. The lowest BCUT2D eigenvalue weighted by Gasteiger charge is -2.07. The molecule has 92 valence electrons. The Labute approximate surface area is 110 Å². The molecular formula is C13H12ClN3O. The van der Waals surface area contributed by atoms with Crippen molar-refractivity contribution < 1.29 is 4.79 Å². The van der Waals surface area contributed by atoms with E-state index in [2.05, 4.69) is 15.6 Å². The molecule has 0 saturated heterocycles. The third kappa shape index (κ3) is 3.46. The predicted molar refractivity (Wildman–Crippen MR) is 73.1 cm³/mol. The first-order chi connectivity index (χ1) is 8.63. The number of nitrogens with one attached hydrogen (secondary N) is 2. The molecule has 1 aromatic carbocycles. The molecule has 5 heteroatoms. The molecule has 0 fully saturated rings. The summed E-state index contributed by atoms with van der Waals surface area (Å²) >= 11 is 5.76. The summed E-state index contributed by atoms with van der Waals surface area (Å²) in [6.45, 7) is 1.89. The van der Waals surface area contributed by atoms with Crippen LogP contribution in [0.15, 0.2) is 42.6 Å². The molecule has 0 aliphatic carbocycles. The van der Waals surface area contributed by atoms with Crippen LogP contribution in [0.5, 0.6) is 0 Å². The van der Waals surface area contributed by atoms with Gasteiger partial charge in [-0.3, -0.25) is 4.98 Å². The normalized spacial score (nSPS) is 9.89. The van der Waals surface area contributed by atoms with Crippen molar-refractivity contribution in [2.75, 3.05) is 10.6 Å². The van der Waals surface area contributed by atoms with Gasteiger partial charge in [-0.25, -0.2) is 4.79 Å². The Morgan fingerprint density at radius 3 is 2.28 bits per heavy atom. The van der Waals surface area contributed by atoms with Crippen LogP contribution in [0.25, 0.3) is 0 Å². The molecule has 0 unspecified atom stereocenters. The topological polar surface area (TPSA) is 54.0 Å². The van der Waals surface area contributed by atoms with E-state index >= 15 is 0 Å². The van der Waals surface area contributed by atoms with Gasteiger partial charge in [0.1, 0.15) is 0 Å². The van der Waals surface area contributed by atoms with Gasteiger partial charge >= 0.3 is 6.03 Å². The van der Waals surface area contributed by atoms with E-state index in [1.165, 1.54) is 0 Å². The predicted octanol–water partition coefficient (Wildman–Crippen LogP) is 3.69. The average Bonchev–Trinajstić information content (AvgIpc) is 2.35. The smallest absolute Gasteiger partial charge is 0.308 e. The molecule has 0 radical (unpaired) electrons. The van der Waals surface area contributed by atoms with Crippen LogP contribution in [0.1, 0.15) is 5.69 Å². The second-order valence-electron chi connectivity index (χ2n) is 3.77. The Morgan fingerprint density at radius 2 is 1.67 bits per heavy atom. The Morgan fingerprint density at radius 1 is 1.06 bits per heavy atom. The molecule has 0 spiro atoms. The highest BCUT2D eigenvalue weighted by Gasteiger charge is 2.02. The van der Waals surface area contributed by atoms with Crippen LogP contribution in [0, 0.1) is 6.92 Å². The number of hydrogen-bond acceptors (Lipinski definition) is 2. The van der Waals surface area contributed by atoms with Gasteiger partial charge in [-0.1, -0.05) is 11.6 Å². The molecule has 1 heterocycles. The minimum absolute atomic E-state index is 0.317. The lowest BCUT2D eigenvalue weighted by atomic mass is 10.3. The van der Waals surface area contributed by atoms with Crippen LogP contribution in [-0.4, -0.2) is 11.0 Å². The van der Waals surface area contributed by atoms with Crippen molar-refractivity contribution in [1.29, 1.82) is 0 Å². The molecule has 0 saturated carbocycles. The number of halogens is 1. The van der Waals surface area contributed by atoms with Gasteiger partial charge in [0, 0.05) is 16.4 Å². The summed E-state index contributed by atoms with van der Waals surface area (Å²) in [6.07, 6.45) is 1.61. The van der Waals surface area contributed by atoms with E-state index in [9.17, 15) is 4.79 Å². The number of nitrogens with zero attached hydrogens (tertiary/aromatic N) is 1. The number of benzene rings is 1. The Kier molecular flexibility index (Phi) is 3.79. The van der Waals surface area contributed by atoms with Crippen LogP contribution in [0.2, 0.25) is 5.02 Å². The van der Waals surface area contributed by atoms with E-state index in [1.807, 2.05) is 13.0 Å². The summed E-state index contributed by atoms with van der Waals surface area (Å²) in [7, 11) is 0. The zero-order chi connectivity index (χ0) is 13.0. The fraction of sp³-hybridized carbons (Fsp3) is 0.0769. The van der Waals surface area contributed by atoms with E-state index in [0.29, 0.717) is 16.4 Å². The summed E-state index contributed by atoms with van der Waals surface area (Å²) in [5.74, 6) is 0. The summed E-state index contributed by atoms with van der Waals surface area (Å²) in [5, 5.41) is 6.01. The zero-order valence-electron chi connectivity index (χ0n) is 9.77. The number of amides is 2. The van der Waals surface area contributed by atoms with Gasteiger partial charge in [-0.2, -0.15) is 0 Å². The van der Waals surface area contributed by atoms with Crippen molar-refractivity contribution in [3.63, 3.8) is 0 Å².